The summed E-state index contributed by atoms with van der Waals surface area (Å²) in [6.45, 7) is 0.652. The molecule has 3 aromatic rings. The van der Waals surface area contributed by atoms with E-state index in [4.69, 9.17) is 5.73 Å². The number of ether oxygens (including phenoxy) is 1. The maximum atomic E-state index is 13.3. The van der Waals surface area contributed by atoms with E-state index in [9.17, 15) is 23.6 Å². The van der Waals surface area contributed by atoms with Crippen molar-refractivity contribution in [1.82, 2.24) is 4.57 Å². The maximum absolute atomic E-state index is 13.3. The Bertz CT molecular complexity index is 1380. The summed E-state index contributed by atoms with van der Waals surface area (Å²) in [6.07, 6.45) is 1.38. The Balaban J connectivity index is 2.41. The topological polar surface area (TPSA) is 98.1 Å². The molecule has 1 amide bonds. The van der Waals surface area contributed by atoms with Gasteiger partial charge in [-0.2, -0.15) is 14.0 Å². The van der Waals surface area contributed by atoms with Crippen LogP contribution in [0.5, 0.6) is 5.75 Å². The number of hydrogen-bond acceptors (Lipinski definition) is 5. The molecule has 0 aliphatic heterocycles. The summed E-state index contributed by atoms with van der Waals surface area (Å²) in [5, 5.41) is 9.46. The Kier molecular flexibility index (Phi) is 6.32. The van der Waals surface area contributed by atoms with Gasteiger partial charge >= 0.3 is 6.61 Å². The van der Waals surface area contributed by atoms with Gasteiger partial charge in [-0.1, -0.05) is 35.9 Å². The molecule has 6 nitrogen and oxygen atoms in total. The van der Waals surface area contributed by atoms with E-state index in [1.54, 1.807) is 31.2 Å². The summed E-state index contributed by atoms with van der Waals surface area (Å²) >= 11 is 0.869. The van der Waals surface area contributed by atoms with Crippen LogP contribution in [-0.4, -0.2) is 17.1 Å². The minimum atomic E-state index is -3.03. The van der Waals surface area contributed by atoms with E-state index < -0.39 is 18.1 Å². The van der Waals surface area contributed by atoms with Crippen LogP contribution in [0, 0.1) is 25.2 Å². The quantitative estimate of drug-likeness (QED) is 0.656. The highest BCUT2D eigenvalue weighted by Gasteiger charge is 2.16. The average Bonchev–Trinajstić information content (AvgIpc) is 2.99. The second-order valence-corrected chi connectivity index (χ2v) is 7.64. The van der Waals surface area contributed by atoms with Crippen molar-refractivity contribution in [2.24, 2.45) is 5.73 Å². The number of nitrogens with zero attached hydrogens (tertiary/aromatic N) is 2. The zero-order valence-electron chi connectivity index (χ0n) is 16.6. The summed E-state index contributed by atoms with van der Waals surface area (Å²) < 4.78 is 31.4. The molecular weight excluding hydrogens is 424 g/mol. The number of thiazole rings is 1. The van der Waals surface area contributed by atoms with Crippen LogP contribution in [0.25, 0.3) is 17.3 Å². The number of nitriles is 1. The smallest absolute Gasteiger partial charge is 0.387 e. The largest absolute Gasteiger partial charge is 0.434 e. The highest BCUT2D eigenvalue weighted by Crippen LogP contribution is 2.21. The third-order valence-electron chi connectivity index (χ3n) is 4.41. The van der Waals surface area contributed by atoms with Crippen molar-refractivity contribution < 1.29 is 18.3 Å². The van der Waals surface area contributed by atoms with Gasteiger partial charge in [-0.15, -0.1) is 11.3 Å². The lowest BCUT2D eigenvalue weighted by molar-refractivity contribution is -0.112. The lowest BCUT2D eigenvalue weighted by Crippen LogP contribution is -2.33. The minimum Gasteiger partial charge on any atom is -0.434 e. The van der Waals surface area contributed by atoms with Crippen LogP contribution in [0.2, 0.25) is 0 Å². The zero-order valence-corrected chi connectivity index (χ0v) is 17.4. The van der Waals surface area contributed by atoms with Crippen molar-refractivity contribution in [2.75, 3.05) is 0 Å². The molecule has 0 spiro atoms. The van der Waals surface area contributed by atoms with Crippen LogP contribution in [0.1, 0.15) is 16.7 Å². The fourth-order valence-electron chi connectivity index (χ4n) is 3.08. The Morgan fingerprint density at radius 3 is 2.58 bits per heavy atom. The molecule has 3 rings (SSSR count). The van der Waals surface area contributed by atoms with E-state index in [1.165, 1.54) is 28.8 Å². The summed E-state index contributed by atoms with van der Waals surface area (Å²) in [7, 11) is 0. The fraction of sp³-hybridized carbons (Fsp3) is 0.136. The predicted octanol–water partition coefficient (Wildman–Crippen LogP) is 2.11. The van der Waals surface area contributed by atoms with E-state index >= 15 is 0 Å². The number of rotatable bonds is 5. The summed E-state index contributed by atoms with van der Waals surface area (Å²) in [6, 6.07) is 13.1. The first-order chi connectivity index (χ1) is 14.7. The number of para-hydroxylation sites is 1. The first kappa shape index (κ1) is 21.9. The molecule has 1 aromatic heterocycles. The van der Waals surface area contributed by atoms with Gasteiger partial charge in [0, 0.05) is 5.56 Å². The molecule has 2 N–H and O–H groups in total. The van der Waals surface area contributed by atoms with Crippen molar-refractivity contribution in [3.05, 3.63) is 78.7 Å². The molecule has 0 atom stereocenters. The van der Waals surface area contributed by atoms with Gasteiger partial charge in [0.2, 0.25) is 0 Å². The number of aromatic nitrogens is 1. The molecule has 31 heavy (non-hydrogen) atoms. The van der Waals surface area contributed by atoms with E-state index in [1.807, 2.05) is 13.0 Å². The highest BCUT2D eigenvalue weighted by molar-refractivity contribution is 7.07. The molecule has 2 aromatic carbocycles. The normalized spacial score (nSPS) is 12.6. The lowest BCUT2D eigenvalue weighted by Gasteiger charge is -2.08. The van der Waals surface area contributed by atoms with Gasteiger partial charge in [-0.25, -0.2) is 0 Å². The van der Waals surface area contributed by atoms with E-state index in [-0.39, 0.29) is 26.1 Å². The Labute approximate surface area is 179 Å². The van der Waals surface area contributed by atoms with Crippen LogP contribution < -0.4 is 25.2 Å². The van der Waals surface area contributed by atoms with Crippen LogP contribution >= 0.6 is 11.3 Å². The van der Waals surface area contributed by atoms with Crippen LogP contribution in [-0.2, 0) is 4.79 Å². The molecule has 0 aliphatic rings. The van der Waals surface area contributed by atoms with Crippen LogP contribution in [0.4, 0.5) is 8.78 Å². The minimum absolute atomic E-state index is 0.0606. The lowest BCUT2D eigenvalue weighted by atomic mass is 10.1. The van der Waals surface area contributed by atoms with Gasteiger partial charge < -0.3 is 10.5 Å². The first-order valence-electron chi connectivity index (χ1n) is 9.02. The Hall–Kier alpha value is -3.77. The molecule has 0 fully saturated rings. The molecule has 1 heterocycles. The monoisotopic (exact) mass is 441 g/mol. The SMILES string of the molecule is Cc1ccc(-n2c(=O)/c(=C\c3ccccc3OC(F)F)s/c2=C(/C#N)C(N)=O)c(C)c1. The van der Waals surface area contributed by atoms with Gasteiger partial charge in [-0.05, 0) is 37.6 Å². The number of amides is 1. The summed E-state index contributed by atoms with van der Waals surface area (Å²) in [5.74, 6) is -1.08. The number of alkyl halides is 2. The number of carbonyl (C=O) groups excluding carboxylic acids is 1. The Morgan fingerprint density at radius 1 is 1.26 bits per heavy atom. The molecule has 0 radical (unpaired) electrons. The van der Waals surface area contributed by atoms with Gasteiger partial charge in [0.1, 0.15) is 16.5 Å². The van der Waals surface area contributed by atoms with Gasteiger partial charge in [0.15, 0.2) is 5.57 Å². The molecule has 0 unspecified atom stereocenters. The van der Waals surface area contributed by atoms with Gasteiger partial charge in [0.25, 0.3) is 11.5 Å². The number of primary amides is 1. The fourth-order valence-corrected chi connectivity index (χ4v) is 4.17. The van der Waals surface area contributed by atoms with E-state index in [0.717, 1.165) is 22.5 Å². The average molecular weight is 441 g/mol. The predicted molar refractivity (Wildman–Crippen MR) is 113 cm³/mol. The molecule has 0 saturated carbocycles. The number of aryl methyl sites for hydroxylation is 2. The second-order valence-electron chi connectivity index (χ2n) is 6.61. The third-order valence-corrected chi connectivity index (χ3v) is 5.50. The summed E-state index contributed by atoms with van der Waals surface area (Å²) in [5.41, 5.74) is 6.90. The number of halogens is 2. The molecule has 0 aliphatic carbocycles. The number of benzene rings is 2. The third kappa shape index (κ3) is 4.54. The van der Waals surface area contributed by atoms with Crippen molar-refractivity contribution in [3.8, 4) is 17.5 Å². The van der Waals surface area contributed by atoms with E-state index in [0.29, 0.717) is 5.69 Å². The Morgan fingerprint density at radius 2 is 1.97 bits per heavy atom. The number of carbonyl (C=O) groups is 1. The zero-order chi connectivity index (χ0) is 22.7. The molecule has 158 valence electrons. The maximum Gasteiger partial charge on any atom is 0.387 e. The van der Waals surface area contributed by atoms with Crippen molar-refractivity contribution in [3.63, 3.8) is 0 Å². The van der Waals surface area contributed by atoms with Crippen molar-refractivity contribution in [2.45, 2.75) is 20.5 Å². The highest BCUT2D eigenvalue weighted by atomic mass is 32.1. The standard InChI is InChI=1S/C22H17F2N3O3S/c1-12-7-8-16(13(2)9-12)27-20(29)18(31-21(27)15(11-25)19(26)28)10-14-5-3-4-6-17(14)30-22(23)24/h3-10,22H,1-2H3,(H2,26,28)/b18-10+,21-15-. The number of hydrogen-bond donors (Lipinski definition) is 1. The van der Waals surface area contributed by atoms with Gasteiger partial charge in [0.05, 0.1) is 10.2 Å². The van der Waals surface area contributed by atoms with Gasteiger partial charge in [-0.3, -0.25) is 14.2 Å². The van der Waals surface area contributed by atoms with Crippen molar-refractivity contribution >= 4 is 28.9 Å². The molecule has 0 bridgehead atoms. The number of nitrogens with two attached hydrogens (primary N) is 1. The van der Waals surface area contributed by atoms with Crippen molar-refractivity contribution in [1.29, 1.82) is 5.26 Å². The van der Waals surface area contributed by atoms with E-state index in [2.05, 4.69) is 4.74 Å². The van der Waals surface area contributed by atoms with Crippen LogP contribution in [0.15, 0.2) is 47.3 Å². The summed E-state index contributed by atoms with van der Waals surface area (Å²) in [4.78, 5) is 25.1. The molecule has 0 saturated heterocycles. The van der Waals surface area contributed by atoms with Crippen LogP contribution in [0.3, 0.4) is 0 Å². The molecule has 9 heteroatoms. The molecular formula is C22H17F2N3O3S. The first-order valence-corrected chi connectivity index (χ1v) is 9.84. The second kappa shape index (κ2) is 8.93.